The molecule has 1 aliphatic heterocycles. The highest BCUT2D eigenvalue weighted by molar-refractivity contribution is 8.00. The van der Waals surface area contributed by atoms with Crippen molar-refractivity contribution in [3.8, 4) is 0 Å². The average Bonchev–Trinajstić information content (AvgIpc) is 2.92. The fourth-order valence-electron chi connectivity index (χ4n) is 2.57. The number of thioether (sulfide) groups is 1. The molecular formula is C16H20N2S. The molecule has 1 N–H and O–H groups in total. The summed E-state index contributed by atoms with van der Waals surface area (Å²) in [6.45, 7) is 4.13. The highest BCUT2D eigenvalue weighted by Crippen LogP contribution is 2.25. The molecule has 1 fully saturated rings. The number of benzene rings is 1. The molecule has 100 valence electrons. The number of hydrogen-bond acceptors (Lipinski definition) is 3. The molecule has 1 aromatic carbocycles. The molecule has 0 spiro atoms. The number of pyridine rings is 1. The lowest BCUT2D eigenvalue weighted by molar-refractivity contribution is 0.646. The van der Waals surface area contributed by atoms with Crippen molar-refractivity contribution in [2.24, 2.45) is 0 Å². The highest BCUT2D eigenvalue weighted by Gasteiger charge is 2.14. The second-order valence-electron chi connectivity index (χ2n) is 5.25. The first kappa shape index (κ1) is 12.9. The van der Waals surface area contributed by atoms with Crippen molar-refractivity contribution >= 4 is 22.7 Å². The quantitative estimate of drug-likeness (QED) is 0.921. The van der Waals surface area contributed by atoms with Crippen LogP contribution >= 0.6 is 11.8 Å². The number of aryl methyl sites for hydroxylation is 1. The van der Waals surface area contributed by atoms with Gasteiger partial charge < -0.3 is 5.32 Å². The second kappa shape index (κ2) is 5.93. The fourth-order valence-corrected chi connectivity index (χ4v) is 3.81. The van der Waals surface area contributed by atoms with E-state index in [1.54, 1.807) is 0 Å². The van der Waals surface area contributed by atoms with Crippen LogP contribution < -0.4 is 5.32 Å². The van der Waals surface area contributed by atoms with Crippen LogP contribution in [0.4, 0.5) is 0 Å². The molecule has 0 amide bonds. The number of nitrogens with zero attached hydrogens (tertiary/aromatic N) is 1. The van der Waals surface area contributed by atoms with Crippen LogP contribution in [0, 0.1) is 6.92 Å². The van der Waals surface area contributed by atoms with Crippen LogP contribution in [0.15, 0.2) is 30.3 Å². The molecule has 19 heavy (non-hydrogen) atoms. The molecule has 2 nitrogen and oxygen atoms in total. The van der Waals surface area contributed by atoms with E-state index < -0.39 is 0 Å². The van der Waals surface area contributed by atoms with E-state index >= 15 is 0 Å². The zero-order chi connectivity index (χ0) is 13.1. The molecule has 0 saturated carbocycles. The predicted octanol–water partition coefficient (Wildman–Crippen LogP) is 3.53. The third kappa shape index (κ3) is 3.28. The van der Waals surface area contributed by atoms with Gasteiger partial charge in [0, 0.05) is 29.4 Å². The van der Waals surface area contributed by atoms with Crippen LogP contribution in [0.1, 0.15) is 24.1 Å². The van der Waals surface area contributed by atoms with Crippen LogP contribution in [0.3, 0.4) is 0 Å². The standard InChI is InChI=1S/C16H20N2S/c1-12-4-6-14-9-13(5-7-16(14)18-12)10-17-11-15-3-2-8-19-15/h4-7,9,15,17H,2-3,8,10-11H2,1H3. The Bertz CT molecular complexity index is 562. The van der Waals surface area contributed by atoms with Gasteiger partial charge in [0.05, 0.1) is 5.52 Å². The van der Waals surface area contributed by atoms with Gasteiger partial charge in [-0.25, -0.2) is 0 Å². The molecular weight excluding hydrogens is 252 g/mol. The van der Waals surface area contributed by atoms with Crippen molar-refractivity contribution in [1.82, 2.24) is 10.3 Å². The third-order valence-electron chi connectivity index (χ3n) is 3.62. The molecule has 1 aromatic heterocycles. The topological polar surface area (TPSA) is 24.9 Å². The lowest BCUT2D eigenvalue weighted by atomic mass is 10.1. The summed E-state index contributed by atoms with van der Waals surface area (Å²) in [4.78, 5) is 4.54. The van der Waals surface area contributed by atoms with Gasteiger partial charge in [-0.05, 0) is 49.3 Å². The summed E-state index contributed by atoms with van der Waals surface area (Å²) in [5, 5.41) is 5.64. The minimum Gasteiger partial charge on any atom is -0.312 e. The van der Waals surface area contributed by atoms with Crippen molar-refractivity contribution in [2.75, 3.05) is 12.3 Å². The maximum atomic E-state index is 4.54. The van der Waals surface area contributed by atoms with Gasteiger partial charge in [0.25, 0.3) is 0 Å². The van der Waals surface area contributed by atoms with E-state index in [4.69, 9.17) is 0 Å². The first-order chi connectivity index (χ1) is 9.31. The number of hydrogen-bond donors (Lipinski definition) is 1. The predicted molar refractivity (Wildman–Crippen MR) is 83.7 cm³/mol. The van der Waals surface area contributed by atoms with Crippen molar-refractivity contribution in [3.63, 3.8) is 0 Å². The lowest BCUT2D eigenvalue weighted by Gasteiger charge is -2.10. The van der Waals surface area contributed by atoms with Gasteiger partial charge in [0.2, 0.25) is 0 Å². The molecule has 1 unspecified atom stereocenters. The van der Waals surface area contributed by atoms with Crippen LogP contribution in [0.2, 0.25) is 0 Å². The highest BCUT2D eigenvalue weighted by atomic mass is 32.2. The van der Waals surface area contributed by atoms with Gasteiger partial charge >= 0.3 is 0 Å². The number of fused-ring (bicyclic) bond motifs is 1. The Hall–Kier alpha value is -1.06. The molecule has 1 saturated heterocycles. The molecule has 3 rings (SSSR count). The Kier molecular flexibility index (Phi) is 4.04. The maximum absolute atomic E-state index is 4.54. The molecule has 0 aliphatic carbocycles. The van der Waals surface area contributed by atoms with Crippen molar-refractivity contribution in [2.45, 2.75) is 31.6 Å². The van der Waals surface area contributed by atoms with Crippen LogP contribution in [0.5, 0.6) is 0 Å². The smallest absolute Gasteiger partial charge is 0.0705 e. The van der Waals surface area contributed by atoms with Gasteiger partial charge in [-0.15, -0.1) is 0 Å². The SMILES string of the molecule is Cc1ccc2cc(CNCC3CCCS3)ccc2n1. The summed E-state index contributed by atoms with van der Waals surface area (Å²) in [5.74, 6) is 1.34. The zero-order valence-corrected chi connectivity index (χ0v) is 12.2. The lowest BCUT2D eigenvalue weighted by Crippen LogP contribution is -2.22. The maximum Gasteiger partial charge on any atom is 0.0705 e. The Morgan fingerprint density at radius 3 is 3.11 bits per heavy atom. The third-order valence-corrected chi connectivity index (χ3v) is 5.02. The van der Waals surface area contributed by atoms with Gasteiger partial charge in [0.1, 0.15) is 0 Å². The largest absolute Gasteiger partial charge is 0.312 e. The van der Waals surface area contributed by atoms with E-state index in [1.165, 1.54) is 29.5 Å². The van der Waals surface area contributed by atoms with Crippen molar-refractivity contribution in [1.29, 1.82) is 0 Å². The molecule has 1 aliphatic rings. The Labute approximate surface area is 119 Å². The summed E-state index contributed by atoms with van der Waals surface area (Å²) >= 11 is 2.11. The van der Waals surface area contributed by atoms with Crippen molar-refractivity contribution < 1.29 is 0 Å². The number of nitrogens with one attached hydrogen (secondary N) is 1. The van der Waals surface area contributed by atoms with Crippen LogP contribution in [-0.2, 0) is 6.54 Å². The van der Waals surface area contributed by atoms with Gasteiger partial charge in [-0.3, -0.25) is 4.98 Å². The number of aromatic nitrogens is 1. The Morgan fingerprint density at radius 1 is 1.32 bits per heavy atom. The second-order valence-corrected chi connectivity index (χ2v) is 6.65. The van der Waals surface area contributed by atoms with E-state index in [0.717, 1.165) is 29.6 Å². The molecule has 3 heteroatoms. The molecule has 2 heterocycles. The molecule has 0 bridgehead atoms. The van der Waals surface area contributed by atoms with Gasteiger partial charge in [-0.2, -0.15) is 11.8 Å². The van der Waals surface area contributed by atoms with Gasteiger partial charge in [-0.1, -0.05) is 12.1 Å². The van der Waals surface area contributed by atoms with Gasteiger partial charge in [0.15, 0.2) is 0 Å². The molecule has 2 aromatic rings. The average molecular weight is 272 g/mol. The molecule has 1 atom stereocenters. The first-order valence-corrected chi connectivity index (χ1v) is 8.05. The monoisotopic (exact) mass is 272 g/mol. The van der Waals surface area contributed by atoms with Crippen molar-refractivity contribution in [3.05, 3.63) is 41.6 Å². The van der Waals surface area contributed by atoms with Crippen LogP contribution in [-0.4, -0.2) is 22.5 Å². The minimum absolute atomic E-state index is 0.824. The summed E-state index contributed by atoms with van der Waals surface area (Å²) in [6, 6.07) is 10.8. The number of rotatable bonds is 4. The van der Waals surface area contributed by atoms with E-state index in [9.17, 15) is 0 Å². The summed E-state index contributed by atoms with van der Waals surface area (Å²) in [7, 11) is 0. The normalized spacial score (nSPS) is 19.1. The van der Waals surface area contributed by atoms with E-state index in [2.05, 4.69) is 52.4 Å². The van der Waals surface area contributed by atoms with E-state index in [0.29, 0.717) is 0 Å². The summed E-state index contributed by atoms with van der Waals surface area (Å²) in [5.41, 5.74) is 3.52. The summed E-state index contributed by atoms with van der Waals surface area (Å²) < 4.78 is 0. The first-order valence-electron chi connectivity index (χ1n) is 7.00. The Balaban J connectivity index is 1.62. The fraction of sp³-hybridized carbons (Fsp3) is 0.438. The van der Waals surface area contributed by atoms with E-state index in [1.807, 2.05) is 6.92 Å². The minimum atomic E-state index is 0.824. The summed E-state index contributed by atoms with van der Waals surface area (Å²) in [6.07, 6.45) is 2.76. The van der Waals surface area contributed by atoms with E-state index in [-0.39, 0.29) is 0 Å². The Morgan fingerprint density at radius 2 is 2.26 bits per heavy atom. The van der Waals surface area contributed by atoms with Crippen LogP contribution in [0.25, 0.3) is 10.9 Å². The molecule has 0 radical (unpaired) electrons. The zero-order valence-electron chi connectivity index (χ0n) is 11.4.